The van der Waals surface area contributed by atoms with Crippen molar-refractivity contribution in [3.8, 4) is 0 Å². The molecule has 0 aliphatic rings. The number of hydrogen-bond acceptors (Lipinski definition) is 5. The first-order valence-electron chi connectivity index (χ1n) is 8.05. The Kier molecular flexibility index (Phi) is 28.9. The smallest absolute Gasteiger partial charge is 0.217 e. The minimum Gasteiger partial charge on any atom is -0.852 e. The third kappa shape index (κ3) is 44.9. The van der Waals surface area contributed by atoms with Crippen LogP contribution in [-0.2, 0) is 14.6 Å². The summed E-state index contributed by atoms with van der Waals surface area (Å²) < 4.78 is 34.5. The van der Waals surface area contributed by atoms with Gasteiger partial charge < -0.3 is 22.0 Å². The van der Waals surface area contributed by atoms with Gasteiger partial charge in [-0.25, -0.2) is 8.42 Å². The average molecular weight is 361 g/mol. The van der Waals surface area contributed by atoms with E-state index in [2.05, 4.69) is 11.1 Å². The maximum absolute atomic E-state index is 10.1. The molecular weight excluding hydrogens is 320 g/mol. The lowest BCUT2D eigenvalue weighted by Gasteiger charge is -2.06. The van der Waals surface area contributed by atoms with E-state index in [-0.39, 0.29) is 18.9 Å². The van der Waals surface area contributed by atoms with E-state index in [1.807, 2.05) is 0 Å². The van der Waals surface area contributed by atoms with Gasteiger partial charge in [0.25, 0.3) is 0 Å². The summed E-state index contributed by atoms with van der Waals surface area (Å²) in [6, 6.07) is 0. The van der Waals surface area contributed by atoms with Crippen molar-refractivity contribution in [2.24, 2.45) is 0 Å². The van der Waals surface area contributed by atoms with Gasteiger partial charge >= 0.3 is 0 Å². The zero-order chi connectivity index (χ0) is 16.6. The summed E-state index contributed by atoms with van der Waals surface area (Å²) >= 11 is 0. The van der Waals surface area contributed by atoms with Gasteiger partial charge in [0.05, 0.1) is 6.61 Å². The van der Waals surface area contributed by atoms with Gasteiger partial charge in [-0.1, -0.05) is 78.6 Å². The number of hydrogen-bond donors (Lipinski definition) is 2. The molecule has 0 bridgehead atoms. The highest BCUT2D eigenvalue weighted by Gasteiger charge is 1.95. The van der Waals surface area contributed by atoms with E-state index >= 15 is 0 Å². The summed E-state index contributed by atoms with van der Waals surface area (Å²) in [5.41, 5.74) is 0. The molecule has 7 nitrogen and oxygen atoms in total. The van der Waals surface area contributed by atoms with Crippen LogP contribution >= 0.6 is 0 Å². The predicted octanol–water partition coefficient (Wildman–Crippen LogP) is 3.89. The van der Waals surface area contributed by atoms with E-state index < -0.39 is 16.5 Å². The Balaban J connectivity index is -0.000000268. The molecule has 0 spiro atoms. The molecule has 0 aliphatic heterocycles. The standard InChI is InChI=1S/C12H26O4S.C3H7O.2H3N/c1-2-3-4-5-6-7-8-9-10-11-12-16-17(13,14)15;1-3(2)4;;/h2-12H2,1H3,(H,13,14,15);3H,1-2H3;2*1H3/q;-1;;/p+1. The summed E-state index contributed by atoms with van der Waals surface area (Å²) in [6.45, 7) is 5.46. The van der Waals surface area contributed by atoms with E-state index in [0.29, 0.717) is 6.42 Å². The predicted molar refractivity (Wildman–Crippen MR) is 94.6 cm³/mol. The summed E-state index contributed by atoms with van der Waals surface area (Å²) in [4.78, 5) is 0. The van der Waals surface area contributed by atoms with Gasteiger partial charge in [0.15, 0.2) is 0 Å². The average Bonchev–Trinajstić information content (AvgIpc) is 2.34. The normalized spacial score (nSPS) is 10.3. The molecule has 0 heterocycles. The molecule has 23 heavy (non-hydrogen) atoms. The largest absolute Gasteiger partial charge is 0.852 e. The fourth-order valence-corrected chi connectivity index (χ4v) is 2.07. The zero-order valence-electron chi connectivity index (χ0n) is 15.8. The number of rotatable bonds is 12. The van der Waals surface area contributed by atoms with Crippen LogP contribution in [0.5, 0.6) is 0 Å². The highest BCUT2D eigenvalue weighted by Crippen LogP contribution is 2.10. The van der Waals surface area contributed by atoms with Crippen LogP contribution in [0.15, 0.2) is 0 Å². The van der Waals surface area contributed by atoms with Crippen molar-refractivity contribution >= 4 is 10.4 Å². The van der Waals surface area contributed by atoms with Crippen molar-refractivity contribution in [2.45, 2.75) is 91.1 Å². The third-order valence-electron chi connectivity index (χ3n) is 2.73. The van der Waals surface area contributed by atoms with E-state index in [1.165, 1.54) is 44.9 Å². The van der Waals surface area contributed by atoms with Crippen LogP contribution in [0.4, 0.5) is 0 Å². The number of unbranched alkanes of at least 4 members (excludes halogenated alkanes) is 9. The van der Waals surface area contributed by atoms with Gasteiger partial charge in [0, 0.05) is 0 Å². The molecule has 0 radical (unpaired) electrons. The summed E-state index contributed by atoms with van der Waals surface area (Å²) in [5.74, 6) is 0. The Hall–Kier alpha value is -0.250. The van der Waals surface area contributed by atoms with Crippen molar-refractivity contribution in [1.29, 1.82) is 0 Å². The fraction of sp³-hybridized carbons (Fsp3) is 1.00. The summed E-state index contributed by atoms with van der Waals surface area (Å²) in [7, 11) is -4.48. The van der Waals surface area contributed by atoms with Crippen molar-refractivity contribution in [1.82, 2.24) is 12.3 Å². The molecule has 0 saturated carbocycles. The van der Waals surface area contributed by atoms with E-state index in [4.69, 9.17) is 0 Å². The molecule has 0 rings (SSSR count). The molecule has 8 N–H and O–H groups in total. The topological polar surface area (TPSA) is 162 Å². The molecule has 0 aromatic heterocycles. The van der Waals surface area contributed by atoms with Crippen LogP contribution in [0.1, 0.15) is 85.0 Å². The lowest BCUT2D eigenvalue weighted by atomic mass is 10.1. The van der Waals surface area contributed by atoms with Gasteiger partial charge in [-0.15, -0.1) is 6.10 Å². The minimum absolute atomic E-state index is 0. The zero-order valence-corrected chi connectivity index (χ0v) is 16.6. The molecular formula is C15H40N2O5S. The van der Waals surface area contributed by atoms with Crippen molar-refractivity contribution in [2.75, 3.05) is 6.61 Å². The molecule has 0 unspecified atom stereocenters. The molecule has 0 aliphatic carbocycles. The maximum atomic E-state index is 10.1. The van der Waals surface area contributed by atoms with Crippen molar-refractivity contribution in [3.05, 3.63) is 0 Å². The van der Waals surface area contributed by atoms with Gasteiger partial charge in [0.2, 0.25) is 10.4 Å². The highest BCUT2D eigenvalue weighted by atomic mass is 32.3. The maximum Gasteiger partial charge on any atom is 0.217 e. The van der Waals surface area contributed by atoms with E-state index in [1.54, 1.807) is 13.8 Å². The second-order valence-corrected chi connectivity index (χ2v) is 6.51. The molecule has 8 heteroatoms. The molecule has 0 amide bonds. The lowest BCUT2D eigenvalue weighted by molar-refractivity contribution is -0.407. The molecule has 146 valence electrons. The molecule has 0 saturated heterocycles. The van der Waals surface area contributed by atoms with Crippen LogP contribution in [0.25, 0.3) is 0 Å². The van der Waals surface area contributed by atoms with Crippen LogP contribution < -0.4 is 17.4 Å². The summed E-state index contributed by atoms with van der Waals surface area (Å²) in [6.07, 6.45) is 11.3. The van der Waals surface area contributed by atoms with E-state index in [0.717, 1.165) is 12.8 Å². The van der Waals surface area contributed by atoms with Crippen molar-refractivity contribution in [3.63, 3.8) is 0 Å². The molecule has 0 fully saturated rings. The van der Waals surface area contributed by atoms with Gasteiger partial charge in [0.1, 0.15) is 0 Å². The van der Waals surface area contributed by atoms with E-state index in [9.17, 15) is 18.1 Å². The molecule has 0 atom stereocenters. The second-order valence-electron chi connectivity index (χ2n) is 5.46. The van der Waals surface area contributed by atoms with Gasteiger partial charge in [-0.3, -0.25) is 4.18 Å². The first kappa shape index (κ1) is 30.6. The lowest BCUT2D eigenvalue weighted by Crippen LogP contribution is -2.14. The van der Waals surface area contributed by atoms with Crippen molar-refractivity contribution < 1.29 is 22.3 Å². The quantitative estimate of drug-likeness (QED) is 0.306. The van der Waals surface area contributed by atoms with Gasteiger partial charge in [-0.05, 0) is 6.42 Å². The third-order valence-corrected chi connectivity index (χ3v) is 3.18. The van der Waals surface area contributed by atoms with Gasteiger partial charge in [-0.2, -0.15) is 0 Å². The second kappa shape index (κ2) is 21.8. The monoisotopic (exact) mass is 360 g/mol. The Morgan fingerprint density at radius 1 is 0.826 bits per heavy atom. The van der Waals surface area contributed by atoms with Crippen LogP contribution in [-0.4, -0.2) is 25.7 Å². The highest BCUT2D eigenvalue weighted by molar-refractivity contribution is 7.80. The first-order chi connectivity index (χ1) is 9.79. The fourth-order valence-electron chi connectivity index (χ4n) is 1.75. The summed E-state index contributed by atoms with van der Waals surface area (Å²) in [5, 5.41) is 9.53. The minimum atomic E-state index is -4.48. The Morgan fingerprint density at radius 3 is 1.43 bits per heavy atom. The van der Waals surface area contributed by atoms with Crippen LogP contribution in [0.3, 0.4) is 0 Å². The number of quaternary nitrogens is 2. The molecule has 0 aromatic rings. The van der Waals surface area contributed by atoms with Crippen LogP contribution in [0, 0.1) is 0 Å². The molecule has 0 aromatic carbocycles. The first-order valence-corrected chi connectivity index (χ1v) is 9.39. The SMILES string of the molecule is CC(C)[O-].CCCCCCCCCCCCOS(=O)(=O)[O-].[NH4+].[NH4+]. The van der Waals surface area contributed by atoms with Crippen LogP contribution in [0.2, 0.25) is 0 Å². The Bertz CT molecular complexity index is 295. The Morgan fingerprint density at radius 2 is 1.13 bits per heavy atom. The Labute approximate surface area is 143 Å².